The molecule has 0 fully saturated rings. The number of rotatable bonds is 7. The summed E-state index contributed by atoms with van der Waals surface area (Å²) in [6.45, 7) is 8.42. The van der Waals surface area contributed by atoms with Gasteiger partial charge in [0, 0.05) is 11.6 Å². The molecule has 0 saturated carbocycles. The van der Waals surface area contributed by atoms with E-state index in [4.69, 9.17) is 9.63 Å². The molecule has 0 bridgehead atoms. The third-order valence-corrected chi connectivity index (χ3v) is 3.71. The molecule has 1 aromatic heterocycles. The molecule has 2 aromatic rings. The molecule has 0 spiro atoms. The summed E-state index contributed by atoms with van der Waals surface area (Å²) in [5, 5.41) is 12.9. The number of hydrogen-bond donors (Lipinski definition) is 1. The van der Waals surface area contributed by atoms with Gasteiger partial charge in [-0.1, -0.05) is 43.3 Å². The Morgan fingerprint density at radius 2 is 1.87 bits per heavy atom. The van der Waals surface area contributed by atoms with Gasteiger partial charge in [-0.25, -0.2) is 0 Å². The maximum atomic E-state index is 10.9. The molecular formula is C17H23N3O3. The zero-order valence-electron chi connectivity index (χ0n) is 14.0. The van der Waals surface area contributed by atoms with E-state index in [1.165, 1.54) is 5.56 Å². The third-order valence-electron chi connectivity index (χ3n) is 3.71. The Hall–Kier alpha value is -2.21. The second kappa shape index (κ2) is 7.37. The third kappa shape index (κ3) is 4.63. The van der Waals surface area contributed by atoms with E-state index in [-0.39, 0.29) is 12.6 Å². The molecular weight excluding hydrogens is 294 g/mol. The van der Waals surface area contributed by atoms with Gasteiger partial charge in [0.05, 0.1) is 13.1 Å². The standard InChI is InChI=1S/C17H23N3O3/c1-11(2)13-5-7-14(8-6-13)17-18-15(23-19-17)9-20(12(3)4)10-16(21)22/h5-8,11-12H,9-10H2,1-4H3,(H,21,22). The van der Waals surface area contributed by atoms with Crippen LogP contribution < -0.4 is 0 Å². The van der Waals surface area contributed by atoms with Gasteiger partial charge < -0.3 is 9.63 Å². The minimum Gasteiger partial charge on any atom is -0.480 e. The molecule has 124 valence electrons. The van der Waals surface area contributed by atoms with Gasteiger partial charge in [0.15, 0.2) is 0 Å². The van der Waals surface area contributed by atoms with Crippen LogP contribution in [0, 0.1) is 0 Å². The highest BCUT2D eigenvalue weighted by Gasteiger charge is 2.18. The minimum absolute atomic E-state index is 0.0571. The fourth-order valence-corrected chi connectivity index (χ4v) is 2.22. The normalized spacial score (nSPS) is 11.6. The van der Waals surface area contributed by atoms with Crippen LogP contribution in [0.15, 0.2) is 28.8 Å². The smallest absolute Gasteiger partial charge is 0.317 e. The van der Waals surface area contributed by atoms with E-state index in [0.29, 0.717) is 24.2 Å². The average molecular weight is 317 g/mol. The molecule has 23 heavy (non-hydrogen) atoms. The molecule has 0 aliphatic rings. The van der Waals surface area contributed by atoms with E-state index < -0.39 is 5.97 Å². The summed E-state index contributed by atoms with van der Waals surface area (Å²) in [5.74, 6) is 0.542. The number of nitrogens with zero attached hydrogens (tertiary/aromatic N) is 3. The highest BCUT2D eigenvalue weighted by Crippen LogP contribution is 2.21. The van der Waals surface area contributed by atoms with Crippen molar-refractivity contribution >= 4 is 5.97 Å². The molecule has 6 nitrogen and oxygen atoms in total. The second-order valence-electron chi connectivity index (χ2n) is 6.18. The van der Waals surface area contributed by atoms with Gasteiger partial charge in [-0.2, -0.15) is 4.98 Å². The first kappa shape index (κ1) is 17.1. The molecule has 1 heterocycles. The molecule has 0 aliphatic heterocycles. The summed E-state index contributed by atoms with van der Waals surface area (Å²) >= 11 is 0. The highest BCUT2D eigenvalue weighted by atomic mass is 16.5. The predicted molar refractivity (Wildman–Crippen MR) is 87.0 cm³/mol. The predicted octanol–water partition coefficient (Wildman–Crippen LogP) is 3.16. The first-order valence-electron chi connectivity index (χ1n) is 7.75. The summed E-state index contributed by atoms with van der Waals surface area (Å²) in [7, 11) is 0. The van der Waals surface area contributed by atoms with Crippen LogP contribution in [0.2, 0.25) is 0 Å². The fourth-order valence-electron chi connectivity index (χ4n) is 2.22. The lowest BCUT2D eigenvalue weighted by molar-refractivity contribution is -0.139. The Kier molecular flexibility index (Phi) is 5.50. The van der Waals surface area contributed by atoms with Crippen molar-refractivity contribution in [2.45, 2.75) is 46.2 Å². The van der Waals surface area contributed by atoms with Gasteiger partial charge in [0.25, 0.3) is 0 Å². The fraction of sp³-hybridized carbons (Fsp3) is 0.471. The summed E-state index contributed by atoms with van der Waals surface area (Å²) in [5.41, 5.74) is 2.14. The maximum absolute atomic E-state index is 10.9. The molecule has 2 rings (SSSR count). The van der Waals surface area contributed by atoms with Crippen molar-refractivity contribution in [1.29, 1.82) is 0 Å². The Morgan fingerprint density at radius 3 is 2.39 bits per heavy atom. The van der Waals surface area contributed by atoms with Crippen LogP contribution >= 0.6 is 0 Å². The van der Waals surface area contributed by atoms with Gasteiger partial charge in [-0.3, -0.25) is 9.69 Å². The number of aliphatic carboxylic acids is 1. The van der Waals surface area contributed by atoms with Crippen molar-refractivity contribution < 1.29 is 14.4 Å². The molecule has 0 unspecified atom stereocenters. The van der Waals surface area contributed by atoms with E-state index in [0.717, 1.165) is 5.56 Å². The zero-order chi connectivity index (χ0) is 17.0. The number of benzene rings is 1. The van der Waals surface area contributed by atoms with Crippen LogP contribution in [0.1, 0.15) is 45.1 Å². The van der Waals surface area contributed by atoms with Crippen molar-refractivity contribution in [3.05, 3.63) is 35.7 Å². The monoisotopic (exact) mass is 317 g/mol. The lowest BCUT2D eigenvalue weighted by Crippen LogP contribution is -2.35. The van der Waals surface area contributed by atoms with Gasteiger partial charge >= 0.3 is 5.97 Å². The van der Waals surface area contributed by atoms with E-state index in [1.54, 1.807) is 4.90 Å². The van der Waals surface area contributed by atoms with E-state index in [9.17, 15) is 4.79 Å². The minimum atomic E-state index is -0.872. The van der Waals surface area contributed by atoms with Crippen LogP contribution in [0.5, 0.6) is 0 Å². The van der Waals surface area contributed by atoms with E-state index in [1.807, 2.05) is 26.0 Å². The number of aromatic nitrogens is 2. The van der Waals surface area contributed by atoms with Gasteiger partial charge in [-0.05, 0) is 25.3 Å². The SMILES string of the molecule is CC(C)c1ccc(-c2noc(CN(CC(=O)O)C(C)C)n2)cc1. The van der Waals surface area contributed by atoms with E-state index in [2.05, 4.69) is 36.1 Å². The molecule has 1 aromatic carbocycles. The van der Waals surface area contributed by atoms with Crippen LogP contribution in [0.4, 0.5) is 0 Å². The quantitative estimate of drug-likeness (QED) is 0.845. The van der Waals surface area contributed by atoms with Gasteiger partial charge in [-0.15, -0.1) is 0 Å². The molecule has 0 radical (unpaired) electrons. The van der Waals surface area contributed by atoms with Gasteiger partial charge in [0.1, 0.15) is 0 Å². The number of carboxylic acids is 1. The van der Waals surface area contributed by atoms with Crippen molar-refractivity contribution in [1.82, 2.24) is 15.0 Å². The van der Waals surface area contributed by atoms with Crippen LogP contribution in [0.25, 0.3) is 11.4 Å². The van der Waals surface area contributed by atoms with Crippen LogP contribution in [0.3, 0.4) is 0 Å². The average Bonchev–Trinajstić information content (AvgIpc) is 2.94. The number of carbonyl (C=O) groups is 1. The second-order valence-corrected chi connectivity index (χ2v) is 6.18. The van der Waals surface area contributed by atoms with E-state index >= 15 is 0 Å². The molecule has 6 heteroatoms. The summed E-state index contributed by atoms with van der Waals surface area (Å²) < 4.78 is 5.26. The molecule has 1 N–H and O–H groups in total. The largest absolute Gasteiger partial charge is 0.480 e. The van der Waals surface area contributed by atoms with Crippen molar-refractivity contribution in [3.63, 3.8) is 0 Å². The van der Waals surface area contributed by atoms with Crippen molar-refractivity contribution in [3.8, 4) is 11.4 Å². The maximum Gasteiger partial charge on any atom is 0.317 e. The summed E-state index contributed by atoms with van der Waals surface area (Å²) in [6, 6.07) is 8.14. The van der Waals surface area contributed by atoms with Crippen molar-refractivity contribution in [2.24, 2.45) is 0 Å². The molecule has 0 saturated heterocycles. The zero-order valence-corrected chi connectivity index (χ0v) is 14.0. The Labute approximate surface area is 136 Å². The summed E-state index contributed by atoms with van der Waals surface area (Å²) in [4.78, 5) is 17.0. The number of hydrogen-bond acceptors (Lipinski definition) is 5. The summed E-state index contributed by atoms with van der Waals surface area (Å²) in [6.07, 6.45) is 0. The Balaban J connectivity index is 2.11. The molecule has 0 atom stereocenters. The van der Waals surface area contributed by atoms with Crippen LogP contribution in [-0.4, -0.2) is 38.7 Å². The first-order chi connectivity index (χ1) is 10.9. The topological polar surface area (TPSA) is 79.5 Å². The number of carboxylic acid groups (broad SMARTS) is 1. The van der Waals surface area contributed by atoms with Crippen LogP contribution in [-0.2, 0) is 11.3 Å². The van der Waals surface area contributed by atoms with Crippen molar-refractivity contribution in [2.75, 3.05) is 6.54 Å². The highest BCUT2D eigenvalue weighted by molar-refractivity contribution is 5.69. The molecule has 0 amide bonds. The molecule has 0 aliphatic carbocycles. The lowest BCUT2D eigenvalue weighted by Gasteiger charge is -2.22. The first-order valence-corrected chi connectivity index (χ1v) is 7.75. The van der Waals surface area contributed by atoms with Gasteiger partial charge in [0.2, 0.25) is 11.7 Å². The Morgan fingerprint density at radius 1 is 1.22 bits per heavy atom. The Bertz CT molecular complexity index is 647. The lowest BCUT2D eigenvalue weighted by atomic mass is 10.0.